The van der Waals surface area contributed by atoms with Crippen LogP contribution in [0.15, 0.2) is 70.0 Å². The molecule has 3 aromatic rings. The number of methoxy groups -OCH3 is 1. The van der Waals surface area contributed by atoms with Gasteiger partial charge >= 0.3 is 0 Å². The van der Waals surface area contributed by atoms with Crippen LogP contribution in [0.3, 0.4) is 0 Å². The molecule has 5 nitrogen and oxygen atoms in total. The smallest absolute Gasteiger partial charge is 0.293 e. The van der Waals surface area contributed by atoms with E-state index in [1.54, 1.807) is 49.6 Å². The number of carbonyl (C=O) groups excluding carboxylic acids is 2. The van der Waals surface area contributed by atoms with Crippen molar-refractivity contribution < 1.29 is 19.1 Å². The molecule has 0 aromatic heterocycles. The number of nitrogens with zero attached hydrogens (tertiary/aromatic N) is 1. The molecule has 1 aliphatic heterocycles. The van der Waals surface area contributed by atoms with E-state index in [0.717, 1.165) is 26.7 Å². The molecule has 0 spiro atoms. The summed E-state index contributed by atoms with van der Waals surface area (Å²) in [6.07, 6.45) is 1.66. The fourth-order valence-corrected chi connectivity index (χ4v) is 4.89. The third-order valence-electron chi connectivity index (χ3n) is 5.04. The second kappa shape index (κ2) is 10.9. The molecule has 1 heterocycles. The van der Waals surface area contributed by atoms with Crippen LogP contribution in [0.4, 0.5) is 4.79 Å². The largest absolute Gasteiger partial charge is 0.493 e. The first-order valence-corrected chi connectivity index (χ1v) is 12.5. The van der Waals surface area contributed by atoms with Crippen molar-refractivity contribution in [2.75, 3.05) is 7.11 Å². The van der Waals surface area contributed by atoms with E-state index in [1.807, 2.05) is 24.3 Å². The molecule has 0 radical (unpaired) electrons. The van der Waals surface area contributed by atoms with E-state index in [4.69, 9.17) is 32.7 Å². The van der Waals surface area contributed by atoms with Crippen LogP contribution in [-0.4, -0.2) is 23.2 Å². The zero-order chi connectivity index (χ0) is 24.2. The average molecular weight is 579 g/mol. The van der Waals surface area contributed by atoms with Gasteiger partial charge in [-0.3, -0.25) is 14.5 Å². The minimum atomic E-state index is -0.404. The highest BCUT2D eigenvalue weighted by atomic mass is 79.9. The SMILES string of the molecule is COc1ccc(/C=C2\SC(=O)N(Cc3c(Cl)cccc3Cl)C2=O)cc1OCc1ccc(Br)cc1. The maximum atomic E-state index is 13.0. The number of imide groups is 1. The van der Waals surface area contributed by atoms with Gasteiger partial charge in [0.25, 0.3) is 11.1 Å². The third kappa shape index (κ3) is 5.61. The van der Waals surface area contributed by atoms with Gasteiger partial charge in [0.2, 0.25) is 0 Å². The van der Waals surface area contributed by atoms with Crippen LogP contribution in [0.1, 0.15) is 16.7 Å². The second-order valence-corrected chi connectivity index (χ2v) is 10.0. The predicted molar refractivity (Wildman–Crippen MR) is 139 cm³/mol. The summed E-state index contributed by atoms with van der Waals surface area (Å²) in [5.41, 5.74) is 2.23. The van der Waals surface area contributed by atoms with Gasteiger partial charge < -0.3 is 9.47 Å². The maximum absolute atomic E-state index is 13.0. The molecular formula is C25H18BrCl2NO4S. The number of benzene rings is 3. The average Bonchev–Trinajstić information content (AvgIpc) is 3.08. The van der Waals surface area contributed by atoms with Crippen molar-refractivity contribution >= 4 is 68.1 Å². The van der Waals surface area contributed by atoms with E-state index < -0.39 is 5.91 Å². The molecule has 1 aliphatic rings. The number of carbonyl (C=O) groups is 2. The highest BCUT2D eigenvalue weighted by molar-refractivity contribution is 9.10. The number of halogens is 3. The van der Waals surface area contributed by atoms with Gasteiger partial charge in [0.15, 0.2) is 11.5 Å². The fourth-order valence-electron chi connectivity index (χ4n) is 3.27. The summed E-state index contributed by atoms with van der Waals surface area (Å²) in [6, 6.07) is 18.2. The lowest BCUT2D eigenvalue weighted by Gasteiger charge is -2.14. The highest BCUT2D eigenvalue weighted by Crippen LogP contribution is 2.37. The van der Waals surface area contributed by atoms with Crippen molar-refractivity contribution in [3.05, 3.63) is 96.8 Å². The fraction of sp³-hybridized carbons (Fsp3) is 0.120. The molecule has 3 aromatic carbocycles. The predicted octanol–water partition coefficient (Wildman–Crippen LogP) is 7.58. The summed E-state index contributed by atoms with van der Waals surface area (Å²) in [4.78, 5) is 27.0. The summed E-state index contributed by atoms with van der Waals surface area (Å²) >= 11 is 16.7. The van der Waals surface area contributed by atoms with Gasteiger partial charge in [-0.1, -0.05) is 63.4 Å². The van der Waals surface area contributed by atoms with E-state index in [0.29, 0.717) is 44.2 Å². The quantitative estimate of drug-likeness (QED) is 0.270. The van der Waals surface area contributed by atoms with Crippen LogP contribution < -0.4 is 9.47 Å². The van der Waals surface area contributed by atoms with Crippen LogP contribution in [0.25, 0.3) is 6.08 Å². The van der Waals surface area contributed by atoms with E-state index in [2.05, 4.69) is 15.9 Å². The van der Waals surface area contributed by atoms with Crippen LogP contribution in [-0.2, 0) is 17.9 Å². The van der Waals surface area contributed by atoms with E-state index >= 15 is 0 Å². The van der Waals surface area contributed by atoms with Gasteiger partial charge in [-0.05, 0) is 65.4 Å². The van der Waals surface area contributed by atoms with Crippen LogP contribution in [0, 0.1) is 0 Å². The van der Waals surface area contributed by atoms with Gasteiger partial charge in [-0.2, -0.15) is 0 Å². The summed E-state index contributed by atoms with van der Waals surface area (Å²) in [5.74, 6) is 0.691. The standard InChI is InChI=1S/C25H18BrCl2NO4S/c1-32-21-10-7-16(11-22(21)33-14-15-5-8-17(26)9-6-15)12-23-24(30)29(25(31)34-23)13-18-19(27)3-2-4-20(18)28/h2-12H,13-14H2,1H3/b23-12-. The minimum absolute atomic E-state index is 0.00464. The minimum Gasteiger partial charge on any atom is -0.493 e. The molecule has 0 unspecified atom stereocenters. The molecule has 2 amide bonds. The van der Waals surface area contributed by atoms with E-state index in [-0.39, 0.29) is 11.8 Å². The van der Waals surface area contributed by atoms with E-state index in [1.165, 1.54) is 0 Å². The lowest BCUT2D eigenvalue weighted by molar-refractivity contribution is -0.123. The summed E-state index contributed by atoms with van der Waals surface area (Å²) < 4.78 is 12.4. The third-order valence-corrected chi connectivity index (χ3v) is 7.19. The normalized spacial score (nSPS) is 14.7. The Bertz CT molecular complexity index is 1260. The van der Waals surface area contributed by atoms with Crippen molar-refractivity contribution in [2.24, 2.45) is 0 Å². The Labute approximate surface area is 219 Å². The number of hydrogen-bond donors (Lipinski definition) is 0. The molecule has 4 rings (SSSR count). The highest BCUT2D eigenvalue weighted by Gasteiger charge is 2.35. The number of rotatable bonds is 7. The van der Waals surface area contributed by atoms with Gasteiger partial charge in [-0.15, -0.1) is 0 Å². The first-order chi connectivity index (χ1) is 16.4. The molecule has 1 fully saturated rings. The Morgan fingerprint density at radius 2 is 1.71 bits per heavy atom. The number of hydrogen-bond acceptors (Lipinski definition) is 5. The lowest BCUT2D eigenvalue weighted by atomic mass is 10.1. The molecule has 0 N–H and O–H groups in total. The Morgan fingerprint density at radius 3 is 2.38 bits per heavy atom. The Hall–Kier alpha value is -2.45. The summed E-state index contributed by atoms with van der Waals surface area (Å²) in [7, 11) is 1.56. The lowest BCUT2D eigenvalue weighted by Crippen LogP contribution is -2.27. The van der Waals surface area contributed by atoms with Crippen molar-refractivity contribution in [2.45, 2.75) is 13.2 Å². The van der Waals surface area contributed by atoms with Gasteiger partial charge in [0, 0.05) is 20.1 Å². The molecule has 0 saturated carbocycles. The van der Waals surface area contributed by atoms with Gasteiger partial charge in [0.1, 0.15) is 6.61 Å². The van der Waals surface area contributed by atoms with Crippen molar-refractivity contribution in [3.63, 3.8) is 0 Å². The first kappa shape index (κ1) is 24.7. The van der Waals surface area contributed by atoms with Crippen LogP contribution >= 0.6 is 50.9 Å². The Balaban J connectivity index is 1.54. The molecule has 0 atom stereocenters. The van der Waals surface area contributed by atoms with Gasteiger partial charge in [-0.25, -0.2) is 0 Å². The van der Waals surface area contributed by atoms with Crippen LogP contribution in [0.2, 0.25) is 10.0 Å². The van der Waals surface area contributed by atoms with Crippen LogP contribution in [0.5, 0.6) is 11.5 Å². The Kier molecular flexibility index (Phi) is 7.88. The molecule has 34 heavy (non-hydrogen) atoms. The van der Waals surface area contributed by atoms with Gasteiger partial charge in [0.05, 0.1) is 18.6 Å². The molecular weight excluding hydrogens is 561 g/mol. The van der Waals surface area contributed by atoms with Crippen molar-refractivity contribution in [1.29, 1.82) is 0 Å². The summed E-state index contributed by atoms with van der Waals surface area (Å²) in [6.45, 7) is 0.354. The van der Waals surface area contributed by atoms with Crippen molar-refractivity contribution in [1.82, 2.24) is 4.90 Å². The molecule has 1 saturated heterocycles. The zero-order valence-electron chi connectivity index (χ0n) is 17.9. The number of thioether (sulfide) groups is 1. The molecule has 0 aliphatic carbocycles. The topological polar surface area (TPSA) is 55.8 Å². The second-order valence-electron chi connectivity index (χ2n) is 7.29. The summed E-state index contributed by atoms with van der Waals surface area (Å²) in [5, 5.41) is 0.420. The molecule has 174 valence electrons. The number of amides is 2. The van der Waals surface area contributed by atoms with E-state index in [9.17, 15) is 9.59 Å². The van der Waals surface area contributed by atoms with Crippen molar-refractivity contribution in [3.8, 4) is 11.5 Å². The monoisotopic (exact) mass is 577 g/mol. The molecule has 9 heteroatoms. The maximum Gasteiger partial charge on any atom is 0.293 e. The molecule has 0 bridgehead atoms. The Morgan fingerprint density at radius 1 is 1.00 bits per heavy atom. The zero-order valence-corrected chi connectivity index (χ0v) is 21.8. The first-order valence-electron chi connectivity index (χ1n) is 10.1. The number of ether oxygens (including phenoxy) is 2.